The summed E-state index contributed by atoms with van der Waals surface area (Å²) < 4.78 is 7.94. The second kappa shape index (κ2) is 6.71. The molecule has 0 aliphatic heterocycles. The SMILES string of the molecule is COC(=O)Cc1nn(C)c2c1nnc1nc(SCCC(C)C)nn12. The predicted molar refractivity (Wildman–Crippen MR) is 88.7 cm³/mol. The van der Waals surface area contributed by atoms with Crippen molar-refractivity contribution in [3.8, 4) is 0 Å². The lowest BCUT2D eigenvalue weighted by Crippen LogP contribution is -2.06. The predicted octanol–water partition coefficient (Wildman–Crippen LogP) is 1.26. The van der Waals surface area contributed by atoms with E-state index in [9.17, 15) is 4.79 Å². The maximum atomic E-state index is 11.5. The minimum absolute atomic E-state index is 0.0404. The average molecular weight is 349 g/mol. The Morgan fingerprint density at radius 1 is 1.29 bits per heavy atom. The van der Waals surface area contributed by atoms with Crippen LogP contribution in [0, 0.1) is 5.92 Å². The smallest absolute Gasteiger partial charge is 0.311 e. The van der Waals surface area contributed by atoms with E-state index in [2.05, 4.69) is 39.2 Å². The van der Waals surface area contributed by atoms with Gasteiger partial charge in [-0.05, 0) is 12.3 Å². The van der Waals surface area contributed by atoms with Crippen LogP contribution in [0.1, 0.15) is 26.0 Å². The van der Waals surface area contributed by atoms with Gasteiger partial charge in [0, 0.05) is 12.8 Å². The first-order valence-corrected chi connectivity index (χ1v) is 8.62. The molecule has 0 aromatic carbocycles. The van der Waals surface area contributed by atoms with Gasteiger partial charge in [0.25, 0.3) is 5.78 Å². The van der Waals surface area contributed by atoms with Crippen LogP contribution in [0.25, 0.3) is 16.9 Å². The molecule has 0 bridgehead atoms. The summed E-state index contributed by atoms with van der Waals surface area (Å²) in [4.78, 5) is 15.9. The maximum Gasteiger partial charge on any atom is 0.311 e. The fourth-order valence-electron chi connectivity index (χ4n) is 2.26. The monoisotopic (exact) mass is 349 g/mol. The van der Waals surface area contributed by atoms with Crippen LogP contribution in [0.4, 0.5) is 0 Å². The zero-order chi connectivity index (χ0) is 17.3. The lowest BCUT2D eigenvalue weighted by molar-refractivity contribution is -0.139. The molecule has 0 spiro atoms. The third-order valence-electron chi connectivity index (χ3n) is 3.54. The Kier molecular flexibility index (Phi) is 4.65. The molecule has 0 saturated carbocycles. The van der Waals surface area contributed by atoms with Gasteiger partial charge >= 0.3 is 5.97 Å². The zero-order valence-electron chi connectivity index (χ0n) is 14.1. The van der Waals surface area contributed by atoms with Crippen molar-refractivity contribution in [2.24, 2.45) is 13.0 Å². The number of thioether (sulfide) groups is 1. The number of rotatable bonds is 6. The van der Waals surface area contributed by atoms with Gasteiger partial charge in [-0.15, -0.1) is 15.3 Å². The Morgan fingerprint density at radius 3 is 2.79 bits per heavy atom. The van der Waals surface area contributed by atoms with E-state index < -0.39 is 0 Å². The summed E-state index contributed by atoms with van der Waals surface area (Å²) in [6.07, 6.45) is 1.13. The molecule has 0 aliphatic rings. The molecule has 0 saturated heterocycles. The van der Waals surface area contributed by atoms with Crippen molar-refractivity contribution >= 4 is 34.7 Å². The standard InChI is InChI=1S/C14H19N7O2S/c1-8(2)5-6-24-14-15-13-17-16-11-9(7-10(22)23-4)18-20(3)12(11)21(13)19-14/h8H,5-7H2,1-4H3. The molecule has 0 atom stereocenters. The van der Waals surface area contributed by atoms with E-state index in [1.54, 1.807) is 28.0 Å². The molecule has 0 N–H and O–H groups in total. The fraction of sp³-hybridized carbons (Fsp3) is 0.571. The van der Waals surface area contributed by atoms with Gasteiger partial charge in [0.1, 0.15) is 5.69 Å². The first-order valence-electron chi connectivity index (χ1n) is 7.64. The van der Waals surface area contributed by atoms with Gasteiger partial charge in [-0.1, -0.05) is 25.6 Å². The van der Waals surface area contributed by atoms with Crippen LogP contribution in [0.5, 0.6) is 0 Å². The number of carbonyl (C=O) groups excluding carboxylic acids is 1. The van der Waals surface area contributed by atoms with Crippen LogP contribution in [0.3, 0.4) is 0 Å². The fourth-order valence-corrected chi connectivity index (χ4v) is 3.32. The Bertz CT molecular complexity index is 886. The van der Waals surface area contributed by atoms with Gasteiger partial charge in [-0.2, -0.15) is 14.6 Å². The molecule has 0 aliphatic carbocycles. The highest BCUT2D eigenvalue weighted by atomic mass is 32.2. The van der Waals surface area contributed by atoms with Gasteiger partial charge in [0.05, 0.1) is 13.5 Å². The topological polar surface area (TPSA) is 100 Å². The zero-order valence-corrected chi connectivity index (χ0v) is 14.9. The minimum Gasteiger partial charge on any atom is -0.469 e. The molecule has 3 aromatic heterocycles. The van der Waals surface area contributed by atoms with E-state index in [0.29, 0.717) is 33.7 Å². The first-order chi connectivity index (χ1) is 11.5. The molecule has 0 fully saturated rings. The molecule has 128 valence electrons. The quantitative estimate of drug-likeness (QED) is 0.484. The third-order valence-corrected chi connectivity index (χ3v) is 4.41. The van der Waals surface area contributed by atoms with Crippen molar-refractivity contribution in [3.05, 3.63) is 5.69 Å². The molecular formula is C14H19N7O2S. The maximum absolute atomic E-state index is 11.5. The highest BCUT2D eigenvalue weighted by Crippen LogP contribution is 2.20. The molecule has 10 heteroatoms. The van der Waals surface area contributed by atoms with Gasteiger partial charge in [-0.3, -0.25) is 4.79 Å². The summed E-state index contributed by atoms with van der Waals surface area (Å²) in [6, 6.07) is 0. The molecule has 0 radical (unpaired) electrons. The number of methoxy groups -OCH3 is 1. The van der Waals surface area contributed by atoms with Crippen molar-refractivity contribution < 1.29 is 9.53 Å². The molecule has 0 amide bonds. The number of fused-ring (bicyclic) bond motifs is 3. The summed E-state index contributed by atoms with van der Waals surface area (Å²) in [5, 5.41) is 17.8. The molecule has 3 heterocycles. The van der Waals surface area contributed by atoms with Crippen molar-refractivity contribution in [1.29, 1.82) is 0 Å². The summed E-state index contributed by atoms with van der Waals surface area (Å²) in [7, 11) is 3.12. The van der Waals surface area contributed by atoms with Gasteiger partial charge in [-0.25, -0.2) is 4.68 Å². The number of esters is 1. The van der Waals surface area contributed by atoms with Gasteiger partial charge in [0.15, 0.2) is 11.2 Å². The molecule has 0 unspecified atom stereocenters. The van der Waals surface area contributed by atoms with E-state index in [1.807, 2.05) is 0 Å². The Hall–Kier alpha value is -2.23. The summed E-state index contributed by atoms with van der Waals surface area (Å²) in [5.41, 5.74) is 1.69. The van der Waals surface area contributed by atoms with Crippen LogP contribution >= 0.6 is 11.8 Å². The molecule has 3 aromatic rings. The second-order valence-corrected chi connectivity index (χ2v) is 6.89. The summed E-state index contributed by atoms with van der Waals surface area (Å²) >= 11 is 1.60. The van der Waals surface area contributed by atoms with Crippen LogP contribution in [-0.4, -0.2) is 53.4 Å². The normalized spacial score (nSPS) is 11.7. The number of carbonyl (C=O) groups is 1. The number of hydrogen-bond acceptors (Lipinski definition) is 8. The van der Waals surface area contributed by atoms with E-state index in [0.717, 1.165) is 12.2 Å². The van der Waals surface area contributed by atoms with Crippen molar-refractivity contribution in [1.82, 2.24) is 34.6 Å². The number of aromatic nitrogens is 7. The third kappa shape index (κ3) is 3.18. The van der Waals surface area contributed by atoms with E-state index in [4.69, 9.17) is 4.74 Å². The van der Waals surface area contributed by atoms with Crippen molar-refractivity contribution in [2.75, 3.05) is 12.9 Å². The first kappa shape index (κ1) is 16.6. The molecule has 3 rings (SSSR count). The van der Waals surface area contributed by atoms with Gasteiger partial charge < -0.3 is 4.74 Å². The molecule has 24 heavy (non-hydrogen) atoms. The number of aryl methyl sites for hydroxylation is 1. The number of nitrogens with zero attached hydrogens (tertiary/aromatic N) is 7. The number of hydrogen-bond donors (Lipinski definition) is 0. The van der Waals surface area contributed by atoms with E-state index in [1.165, 1.54) is 7.11 Å². The van der Waals surface area contributed by atoms with E-state index in [-0.39, 0.29) is 12.4 Å². The Morgan fingerprint density at radius 2 is 2.08 bits per heavy atom. The number of ether oxygens (including phenoxy) is 1. The lowest BCUT2D eigenvalue weighted by atomic mass is 10.2. The van der Waals surface area contributed by atoms with Crippen LogP contribution < -0.4 is 0 Å². The second-order valence-electron chi connectivity index (χ2n) is 5.83. The highest BCUT2D eigenvalue weighted by molar-refractivity contribution is 7.99. The molecule has 9 nitrogen and oxygen atoms in total. The largest absolute Gasteiger partial charge is 0.469 e. The lowest BCUT2D eigenvalue weighted by Gasteiger charge is -2.00. The average Bonchev–Trinajstić information content (AvgIpc) is 3.07. The molecular weight excluding hydrogens is 330 g/mol. The Labute approximate surface area is 142 Å². The van der Waals surface area contributed by atoms with Crippen LogP contribution in [0.15, 0.2) is 5.16 Å². The Balaban J connectivity index is 1.97. The summed E-state index contributed by atoms with van der Waals surface area (Å²) in [6.45, 7) is 4.37. The van der Waals surface area contributed by atoms with Crippen molar-refractivity contribution in [2.45, 2.75) is 31.8 Å². The van der Waals surface area contributed by atoms with Crippen LogP contribution in [0.2, 0.25) is 0 Å². The van der Waals surface area contributed by atoms with E-state index >= 15 is 0 Å². The highest BCUT2D eigenvalue weighted by Gasteiger charge is 2.19. The van der Waals surface area contributed by atoms with Crippen molar-refractivity contribution in [3.63, 3.8) is 0 Å². The van der Waals surface area contributed by atoms with Crippen LogP contribution in [-0.2, 0) is 23.0 Å². The van der Waals surface area contributed by atoms with Gasteiger partial charge in [0.2, 0.25) is 5.16 Å². The minimum atomic E-state index is -0.375. The summed E-state index contributed by atoms with van der Waals surface area (Å²) in [5.74, 6) is 1.63.